The molecule has 0 saturated carbocycles. The molecule has 160 valence electrons. The third kappa shape index (κ3) is 3.60. The number of aryl methyl sites for hydroxylation is 1. The summed E-state index contributed by atoms with van der Waals surface area (Å²) in [6.45, 7) is 1.79. The first-order valence-corrected chi connectivity index (χ1v) is 9.43. The number of benzene rings is 3. The highest BCUT2D eigenvalue weighted by molar-refractivity contribution is 6.46. The predicted molar refractivity (Wildman–Crippen MR) is 114 cm³/mol. The summed E-state index contributed by atoms with van der Waals surface area (Å²) in [6, 6.07) is 14.5. The van der Waals surface area contributed by atoms with Crippen molar-refractivity contribution in [1.82, 2.24) is 0 Å². The molecule has 0 unspecified atom stereocenters. The summed E-state index contributed by atoms with van der Waals surface area (Å²) >= 11 is 0. The van der Waals surface area contributed by atoms with E-state index < -0.39 is 34.1 Å². The number of hydrogen-bond donors (Lipinski definition) is 1. The third-order valence-corrected chi connectivity index (χ3v) is 5.00. The Hall–Kier alpha value is -4.40. The minimum Gasteiger partial charge on any atom is -0.350 e. The lowest BCUT2D eigenvalue weighted by Gasteiger charge is -2.16. The van der Waals surface area contributed by atoms with Crippen LogP contribution < -0.4 is 10.2 Å². The van der Waals surface area contributed by atoms with Crippen LogP contribution in [0, 0.1) is 28.7 Å². The molecule has 0 saturated heterocycles. The molecule has 1 aliphatic rings. The van der Waals surface area contributed by atoms with Gasteiger partial charge in [0.05, 0.1) is 16.2 Å². The maximum Gasteiger partial charge on any atom is 0.282 e. The van der Waals surface area contributed by atoms with Gasteiger partial charge in [0.25, 0.3) is 17.5 Å². The Balaban J connectivity index is 1.86. The predicted octanol–water partition coefficient (Wildman–Crippen LogP) is 4.58. The van der Waals surface area contributed by atoms with Crippen LogP contribution in [0.15, 0.2) is 72.4 Å². The summed E-state index contributed by atoms with van der Waals surface area (Å²) in [5, 5.41) is 13.9. The van der Waals surface area contributed by atoms with Crippen LogP contribution in [0.5, 0.6) is 0 Å². The van der Waals surface area contributed by atoms with Gasteiger partial charge in [0.2, 0.25) is 0 Å². The molecule has 1 aliphatic heterocycles. The average molecular weight is 435 g/mol. The number of non-ortho nitro benzene ring substituents is 1. The molecule has 1 N–H and O–H groups in total. The van der Waals surface area contributed by atoms with Gasteiger partial charge in [0.1, 0.15) is 17.3 Å². The van der Waals surface area contributed by atoms with Gasteiger partial charge in [-0.05, 0) is 48.4 Å². The molecule has 4 rings (SSSR count). The fourth-order valence-electron chi connectivity index (χ4n) is 3.39. The Labute approximate surface area is 180 Å². The van der Waals surface area contributed by atoms with Crippen molar-refractivity contribution in [3.8, 4) is 0 Å². The summed E-state index contributed by atoms with van der Waals surface area (Å²) in [4.78, 5) is 37.4. The van der Waals surface area contributed by atoms with Crippen LogP contribution in [0.4, 0.5) is 25.8 Å². The SMILES string of the molecule is Cc1ccccc1NC1=C(c2ccc([N+](=O)[O-])cc2)C(=O)N(c2cc(F)ccc2F)C1=O. The van der Waals surface area contributed by atoms with Crippen molar-refractivity contribution in [3.63, 3.8) is 0 Å². The molecule has 1 heterocycles. The smallest absolute Gasteiger partial charge is 0.282 e. The summed E-state index contributed by atoms with van der Waals surface area (Å²) in [5.74, 6) is -3.53. The average Bonchev–Trinajstić information content (AvgIpc) is 3.01. The number of nitro benzene ring substituents is 1. The number of nitrogens with zero attached hydrogens (tertiary/aromatic N) is 2. The van der Waals surface area contributed by atoms with Crippen LogP contribution in [-0.4, -0.2) is 16.7 Å². The van der Waals surface area contributed by atoms with Crippen LogP contribution >= 0.6 is 0 Å². The standard InChI is InChI=1S/C23H15F2N3O4/c1-13-4-2-3-5-18(13)26-21-20(14-6-9-16(10-7-14)28(31)32)22(29)27(23(21)30)19-12-15(24)8-11-17(19)25/h2-12,26H,1H3. The second-order valence-electron chi connectivity index (χ2n) is 7.04. The van der Waals surface area contributed by atoms with Gasteiger partial charge in [-0.2, -0.15) is 0 Å². The summed E-state index contributed by atoms with van der Waals surface area (Å²) in [6.07, 6.45) is 0. The fourth-order valence-corrected chi connectivity index (χ4v) is 3.39. The Bertz CT molecular complexity index is 1300. The van der Waals surface area contributed by atoms with Crippen molar-refractivity contribution in [2.24, 2.45) is 0 Å². The Morgan fingerprint density at radius 3 is 2.28 bits per heavy atom. The van der Waals surface area contributed by atoms with E-state index >= 15 is 0 Å². The number of para-hydroxylation sites is 1. The van der Waals surface area contributed by atoms with Crippen molar-refractivity contribution in [2.45, 2.75) is 6.92 Å². The van der Waals surface area contributed by atoms with Gasteiger partial charge < -0.3 is 5.32 Å². The first-order valence-electron chi connectivity index (χ1n) is 9.43. The van der Waals surface area contributed by atoms with Crippen LogP contribution in [0.25, 0.3) is 5.57 Å². The lowest BCUT2D eigenvalue weighted by Crippen LogP contribution is -2.33. The summed E-state index contributed by atoms with van der Waals surface area (Å²) in [7, 11) is 0. The molecular formula is C23H15F2N3O4. The number of anilines is 2. The van der Waals surface area contributed by atoms with Crippen LogP contribution in [-0.2, 0) is 9.59 Å². The lowest BCUT2D eigenvalue weighted by molar-refractivity contribution is -0.384. The maximum atomic E-state index is 14.4. The quantitative estimate of drug-likeness (QED) is 0.360. The fraction of sp³-hybridized carbons (Fsp3) is 0.0435. The third-order valence-electron chi connectivity index (χ3n) is 5.00. The molecule has 0 aliphatic carbocycles. The Kier molecular flexibility index (Phi) is 5.23. The lowest BCUT2D eigenvalue weighted by atomic mass is 10.0. The second kappa shape index (κ2) is 8.03. The van der Waals surface area contributed by atoms with Gasteiger partial charge >= 0.3 is 0 Å². The van der Waals surface area contributed by atoms with Crippen molar-refractivity contribution < 1.29 is 23.3 Å². The summed E-state index contributed by atoms with van der Waals surface area (Å²) in [5.41, 5.74) is 0.528. The van der Waals surface area contributed by atoms with Gasteiger partial charge in [-0.1, -0.05) is 18.2 Å². The molecule has 2 amide bonds. The zero-order valence-corrected chi connectivity index (χ0v) is 16.6. The molecule has 32 heavy (non-hydrogen) atoms. The van der Waals surface area contributed by atoms with Crippen LogP contribution in [0.1, 0.15) is 11.1 Å². The molecule has 0 atom stereocenters. The minimum atomic E-state index is -0.951. The first kappa shape index (κ1) is 20.9. The molecule has 7 nitrogen and oxygen atoms in total. The molecule has 3 aromatic carbocycles. The number of hydrogen-bond acceptors (Lipinski definition) is 5. The van der Waals surface area contributed by atoms with Gasteiger partial charge in [0.15, 0.2) is 0 Å². The van der Waals surface area contributed by atoms with Gasteiger partial charge in [-0.3, -0.25) is 19.7 Å². The van der Waals surface area contributed by atoms with E-state index in [0.29, 0.717) is 10.6 Å². The van der Waals surface area contributed by atoms with E-state index in [-0.39, 0.29) is 22.5 Å². The largest absolute Gasteiger partial charge is 0.350 e. The number of nitrogens with one attached hydrogen (secondary N) is 1. The maximum absolute atomic E-state index is 14.4. The second-order valence-corrected chi connectivity index (χ2v) is 7.04. The molecule has 0 radical (unpaired) electrons. The number of carbonyl (C=O) groups excluding carboxylic acids is 2. The number of rotatable bonds is 5. The Morgan fingerprint density at radius 1 is 0.938 bits per heavy atom. The normalized spacial score (nSPS) is 13.7. The molecular weight excluding hydrogens is 420 g/mol. The highest BCUT2D eigenvalue weighted by Gasteiger charge is 2.41. The molecule has 3 aromatic rings. The monoisotopic (exact) mass is 435 g/mol. The number of imide groups is 1. The molecule has 0 aromatic heterocycles. The molecule has 0 fully saturated rings. The minimum absolute atomic E-state index is 0.114. The van der Waals surface area contributed by atoms with Gasteiger partial charge in [0, 0.05) is 23.9 Å². The zero-order valence-electron chi connectivity index (χ0n) is 16.6. The number of amides is 2. The molecule has 9 heteroatoms. The highest BCUT2D eigenvalue weighted by atomic mass is 19.1. The van der Waals surface area contributed by atoms with Crippen LogP contribution in [0.2, 0.25) is 0 Å². The van der Waals surface area contributed by atoms with E-state index in [1.807, 2.05) is 0 Å². The van der Waals surface area contributed by atoms with E-state index in [2.05, 4.69) is 5.32 Å². The molecule has 0 bridgehead atoms. The van der Waals surface area contributed by atoms with Crippen molar-refractivity contribution in [1.29, 1.82) is 0 Å². The van der Waals surface area contributed by atoms with Crippen molar-refractivity contribution in [3.05, 3.63) is 105 Å². The van der Waals surface area contributed by atoms with E-state index in [9.17, 15) is 28.5 Å². The van der Waals surface area contributed by atoms with E-state index in [0.717, 1.165) is 23.8 Å². The number of halogens is 2. The van der Waals surface area contributed by atoms with E-state index in [1.54, 1.807) is 31.2 Å². The molecule has 0 spiro atoms. The first-order chi connectivity index (χ1) is 15.3. The van der Waals surface area contributed by atoms with Crippen molar-refractivity contribution >= 4 is 34.4 Å². The van der Waals surface area contributed by atoms with E-state index in [4.69, 9.17) is 0 Å². The van der Waals surface area contributed by atoms with Gasteiger partial charge in [-0.25, -0.2) is 13.7 Å². The van der Waals surface area contributed by atoms with Crippen LogP contribution in [0.3, 0.4) is 0 Å². The van der Waals surface area contributed by atoms with E-state index in [1.165, 1.54) is 24.3 Å². The van der Waals surface area contributed by atoms with Crippen molar-refractivity contribution in [2.75, 3.05) is 10.2 Å². The number of carbonyl (C=O) groups is 2. The topological polar surface area (TPSA) is 92.6 Å². The van der Waals surface area contributed by atoms with Gasteiger partial charge in [-0.15, -0.1) is 0 Å². The Morgan fingerprint density at radius 2 is 1.62 bits per heavy atom. The summed E-state index contributed by atoms with van der Waals surface area (Å²) < 4.78 is 28.2. The number of nitro groups is 1. The zero-order chi connectivity index (χ0) is 23.0. The highest BCUT2D eigenvalue weighted by Crippen LogP contribution is 2.36.